The van der Waals surface area contributed by atoms with Crippen LogP contribution in [0, 0.1) is 5.92 Å². The topological polar surface area (TPSA) is 61.4 Å². The molecule has 2 N–H and O–H groups in total. The molecule has 0 aliphatic carbocycles. The molecule has 5 nitrogen and oxygen atoms in total. The first kappa shape index (κ1) is 17.5. The van der Waals surface area contributed by atoms with Crippen molar-refractivity contribution in [2.24, 2.45) is 5.92 Å². The Kier molecular flexibility index (Phi) is 5.95. The van der Waals surface area contributed by atoms with Gasteiger partial charge >= 0.3 is 0 Å². The van der Waals surface area contributed by atoms with Gasteiger partial charge in [-0.15, -0.1) is 0 Å². The van der Waals surface area contributed by atoms with Gasteiger partial charge in [0.05, 0.1) is 6.54 Å². The molecule has 0 heterocycles. The second-order valence-corrected chi connectivity index (χ2v) is 5.96. The summed E-state index contributed by atoms with van der Waals surface area (Å²) in [6.45, 7) is 3.91. The van der Waals surface area contributed by atoms with Crippen molar-refractivity contribution < 1.29 is 9.59 Å². The van der Waals surface area contributed by atoms with E-state index < -0.39 is 0 Å². The lowest BCUT2D eigenvalue weighted by molar-refractivity contribution is -0.119. The maximum atomic E-state index is 12.2. The van der Waals surface area contributed by atoms with E-state index >= 15 is 0 Å². The molecule has 0 unspecified atom stereocenters. The summed E-state index contributed by atoms with van der Waals surface area (Å²) < 4.78 is 0. The normalized spacial score (nSPS) is 10.3. The van der Waals surface area contributed by atoms with E-state index in [1.807, 2.05) is 56.1 Å². The van der Waals surface area contributed by atoms with Gasteiger partial charge < -0.3 is 15.5 Å². The number of hydrogen-bond acceptors (Lipinski definition) is 3. The first-order valence-electron chi connectivity index (χ1n) is 7.92. The lowest BCUT2D eigenvalue weighted by Gasteiger charge is -2.18. The summed E-state index contributed by atoms with van der Waals surface area (Å²) in [5.74, 6) is -0.265. The van der Waals surface area contributed by atoms with Crippen molar-refractivity contribution >= 4 is 28.9 Å². The summed E-state index contributed by atoms with van der Waals surface area (Å²) in [6.07, 6.45) is 0. The van der Waals surface area contributed by atoms with E-state index in [1.165, 1.54) is 0 Å². The number of carbonyl (C=O) groups is 2. The number of amides is 2. The summed E-state index contributed by atoms with van der Waals surface area (Å²) in [5.41, 5.74) is 2.30. The molecular weight excluding hydrogens is 302 g/mol. The Morgan fingerprint density at radius 3 is 2.21 bits per heavy atom. The van der Waals surface area contributed by atoms with Crippen molar-refractivity contribution in [3.63, 3.8) is 0 Å². The zero-order valence-corrected chi connectivity index (χ0v) is 14.2. The molecule has 0 aliphatic heterocycles. The second-order valence-electron chi connectivity index (χ2n) is 5.96. The molecule has 2 amide bonds. The molecule has 5 heteroatoms. The van der Waals surface area contributed by atoms with Crippen LogP contribution in [-0.4, -0.2) is 25.4 Å². The first-order chi connectivity index (χ1) is 11.5. The predicted molar refractivity (Wildman–Crippen MR) is 98.3 cm³/mol. The van der Waals surface area contributed by atoms with Crippen LogP contribution >= 0.6 is 0 Å². The Labute approximate surface area is 142 Å². The molecule has 0 spiro atoms. The highest BCUT2D eigenvalue weighted by atomic mass is 16.2. The predicted octanol–water partition coefficient (Wildman–Crippen LogP) is 3.36. The summed E-state index contributed by atoms with van der Waals surface area (Å²) in [4.78, 5) is 25.8. The van der Waals surface area contributed by atoms with Gasteiger partial charge in [-0.05, 0) is 30.3 Å². The summed E-state index contributed by atoms with van der Waals surface area (Å²) in [5, 5.41) is 5.67. The number of hydrogen-bond donors (Lipinski definition) is 2. The van der Waals surface area contributed by atoms with Gasteiger partial charge in [-0.1, -0.05) is 38.1 Å². The highest BCUT2D eigenvalue weighted by Crippen LogP contribution is 2.16. The molecule has 126 valence electrons. The molecule has 0 saturated carbocycles. The molecule has 0 radical (unpaired) electrons. The monoisotopic (exact) mass is 325 g/mol. The van der Waals surface area contributed by atoms with Crippen molar-refractivity contribution in [1.29, 1.82) is 0 Å². The number of nitrogens with one attached hydrogen (secondary N) is 2. The minimum absolute atomic E-state index is 0.0534. The number of nitrogens with zero attached hydrogens (tertiary/aromatic N) is 1. The van der Waals surface area contributed by atoms with Crippen molar-refractivity contribution in [3.8, 4) is 0 Å². The third-order valence-corrected chi connectivity index (χ3v) is 3.52. The number of likely N-dealkylation sites (N-methyl/N-ethyl adjacent to an activating group) is 1. The fourth-order valence-corrected chi connectivity index (χ4v) is 2.15. The quantitative estimate of drug-likeness (QED) is 0.856. The average molecular weight is 325 g/mol. The standard InChI is InChI=1S/C19H23N3O2/c1-14(2)19(24)21-16-9-7-8-15(12-16)20-18(23)13-22(3)17-10-5-4-6-11-17/h4-12,14H,13H2,1-3H3,(H,20,23)(H,21,24). The van der Waals surface area contributed by atoms with Gasteiger partial charge in [0.25, 0.3) is 0 Å². The molecule has 2 aromatic rings. The van der Waals surface area contributed by atoms with Gasteiger partial charge in [-0.2, -0.15) is 0 Å². The zero-order chi connectivity index (χ0) is 17.5. The largest absolute Gasteiger partial charge is 0.365 e. The van der Waals surface area contributed by atoms with Crippen molar-refractivity contribution in [2.75, 3.05) is 29.1 Å². The average Bonchev–Trinajstić information content (AvgIpc) is 2.55. The Morgan fingerprint density at radius 2 is 1.58 bits per heavy atom. The summed E-state index contributed by atoms with van der Waals surface area (Å²) in [7, 11) is 1.87. The van der Waals surface area contributed by atoms with E-state index in [0.717, 1.165) is 5.69 Å². The highest BCUT2D eigenvalue weighted by molar-refractivity contribution is 5.96. The van der Waals surface area contributed by atoms with Crippen LogP contribution in [0.3, 0.4) is 0 Å². The minimum Gasteiger partial charge on any atom is -0.365 e. The van der Waals surface area contributed by atoms with E-state index in [9.17, 15) is 9.59 Å². The molecule has 0 aliphatic rings. The third kappa shape index (κ3) is 5.12. The van der Waals surface area contributed by atoms with Crippen molar-refractivity contribution in [1.82, 2.24) is 0 Å². The van der Waals surface area contributed by atoms with Crippen LogP contribution in [0.25, 0.3) is 0 Å². The van der Waals surface area contributed by atoms with Crippen LogP contribution in [-0.2, 0) is 9.59 Å². The summed E-state index contributed by atoms with van der Waals surface area (Å²) in [6, 6.07) is 16.9. The fourth-order valence-electron chi connectivity index (χ4n) is 2.15. The second kappa shape index (κ2) is 8.15. The Bertz CT molecular complexity index is 699. The molecule has 0 aromatic heterocycles. The maximum absolute atomic E-state index is 12.2. The molecule has 0 bridgehead atoms. The molecule has 2 rings (SSSR count). The molecule has 0 atom stereocenters. The van der Waals surface area contributed by atoms with Crippen LogP contribution in [0.4, 0.5) is 17.1 Å². The molecule has 0 fully saturated rings. The summed E-state index contributed by atoms with van der Waals surface area (Å²) >= 11 is 0. The third-order valence-electron chi connectivity index (χ3n) is 3.52. The number of rotatable bonds is 6. The Balaban J connectivity index is 1.95. The molecule has 0 saturated heterocycles. The van der Waals surface area contributed by atoms with Crippen molar-refractivity contribution in [2.45, 2.75) is 13.8 Å². The first-order valence-corrected chi connectivity index (χ1v) is 7.92. The van der Waals surface area contributed by atoms with Gasteiger partial charge in [-0.25, -0.2) is 0 Å². The van der Waals surface area contributed by atoms with E-state index in [2.05, 4.69) is 10.6 Å². The maximum Gasteiger partial charge on any atom is 0.243 e. The SMILES string of the molecule is CC(C)C(=O)Nc1cccc(NC(=O)CN(C)c2ccccc2)c1. The molecular formula is C19H23N3O2. The zero-order valence-electron chi connectivity index (χ0n) is 14.2. The molecule has 24 heavy (non-hydrogen) atoms. The van der Waals surface area contributed by atoms with Crippen LogP contribution < -0.4 is 15.5 Å². The van der Waals surface area contributed by atoms with Gasteiger partial charge in [0.15, 0.2) is 0 Å². The van der Waals surface area contributed by atoms with Crippen LogP contribution in [0.15, 0.2) is 54.6 Å². The highest BCUT2D eigenvalue weighted by Gasteiger charge is 2.10. The van der Waals surface area contributed by atoms with Gasteiger partial charge in [0, 0.05) is 30.0 Å². The lowest BCUT2D eigenvalue weighted by atomic mass is 10.2. The van der Waals surface area contributed by atoms with Gasteiger partial charge in [0.2, 0.25) is 11.8 Å². The fraction of sp³-hybridized carbons (Fsp3) is 0.263. The number of benzene rings is 2. The molecule has 2 aromatic carbocycles. The Hall–Kier alpha value is -2.82. The number of para-hydroxylation sites is 1. The minimum atomic E-state index is -0.117. The van der Waals surface area contributed by atoms with Crippen LogP contribution in [0.1, 0.15) is 13.8 Å². The van der Waals surface area contributed by atoms with Crippen LogP contribution in [0.5, 0.6) is 0 Å². The van der Waals surface area contributed by atoms with E-state index in [4.69, 9.17) is 0 Å². The van der Waals surface area contributed by atoms with Crippen LogP contribution in [0.2, 0.25) is 0 Å². The van der Waals surface area contributed by atoms with E-state index in [-0.39, 0.29) is 24.3 Å². The number of carbonyl (C=O) groups excluding carboxylic acids is 2. The smallest absolute Gasteiger partial charge is 0.243 e. The van der Waals surface area contributed by atoms with Crippen molar-refractivity contribution in [3.05, 3.63) is 54.6 Å². The van der Waals surface area contributed by atoms with E-state index in [0.29, 0.717) is 11.4 Å². The Morgan fingerprint density at radius 1 is 0.958 bits per heavy atom. The van der Waals surface area contributed by atoms with E-state index in [1.54, 1.807) is 24.3 Å². The van der Waals surface area contributed by atoms with Gasteiger partial charge in [-0.3, -0.25) is 9.59 Å². The van der Waals surface area contributed by atoms with Gasteiger partial charge in [0.1, 0.15) is 0 Å². The number of anilines is 3. The lowest BCUT2D eigenvalue weighted by Crippen LogP contribution is -2.30.